The number of nitrogens with one attached hydrogen (secondary N) is 1. The number of aromatic nitrogens is 2. The third kappa shape index (κ3) is 3.60. The summed E-state index contributed by atoms with van der Waals surface area (Å²) in [7, 11) is 0. The van der Waals surface area contributed by atoms with E-state index >= 15 is 0 Å². The van der Waals surface area contributed by atoms with Gasteiger partial charge in [-0.05, 0) is 56.9 Å². The van der Waals surface area contributed by atoms with Gasteiger partial charge in [0.1, 0.15) is 0 Å². The number of fused-ring (bicyclic) bond motifs is 3. The Labute approximate surface area is 176 Å². The van der Waals surface area contributed by atoms with E-state index in [9.17, 15) is 9.59 Å². The van der Waals surface area contributed by atoms with Crippen LogP contribution < -0.4 is 15.9 Å². The number of anilines is 1. The number of hydrogen-bond donors (Lipinski definition) is 1. The molecule has 0 radical (unpaired) electrons. The van der Waals surface area contributed by atoms with Crippen LogP contribution in [0, 0.1) is 17.8 Å². The van der Waals surface area contributed by atoms with Gasteiger partial charge in [-0.2, -0.15) is 0 Å². The molecule has 3 aliphatic rings. The summed E-state index contributed by atoms with van der Waals surface area (Å²) in [5.41, 5.74) is 2.50. The minimum Gasteiger partial charge on any atom is -0.372 e. The summed E-state index contributed by atoms with van der Waals surface area (Å²) in [5, 5.41) is 5.97. The fraction of sp³-hybridized carbons (Fsp3) is 0.609. The maximum absolute atomic E-state index is 13.0. The van der Waals surface area contributed by atoms with E-state index in [0.29, 0.717) is 42.6 Å². The molecule has 3 fully saturated rings. The van der Waals surface area contributed by atoms with Crippen molar-refractivity contribution in [1.82, 2.24) is 9.89 Å². The molecule has 7 heteroatoms. The number of rotatable bonds is 4. The molecule has 7 nitrogen and oxygen atoms in total. The Hall–Kier alpha value is -2.41. The molecule has 1 saturated heterocycles. The second-order valence-electron chi connectivity index (χ2n) is 9.42. The van der Waals surface area contributed by atoms with Gasteiger partial charge in [0.2, 0.25) is 5.91 Å². The fourth-order valence-corrected chi connectivity index (χ4v) is 5.86. The predicted octanol–water partition coefficient (Wildman–Crippen LogP) is 2.91. The van der Waals surface area contributed by atoms with E-state index < -0.39 is 0 Å². The summed E-state index contributed by atoms with van der Waals surface area (Å²) in [5.74, 6) is 2.51. The minimum absolute atomic E-state index is 0.0714. The lowest BCUT2D eigenvalue weighted by atomic mass is 9.86. The zero-order valence-corrected chi connectivity index (χ0v) is 17.7. The summed E-state index contributed by atoms with van der Waals surface area (Å²) in [6.07, 6.45) is 5.59. The smallest absolute Gasteiger partial charge is 0.294 e. The molecule has 0 spiro atoms. The second-order valence-corrected chi connectivity index (χ2v) is 9.42. The zero-order valence-electron chi connectivity index (χ0n) is 17.7. The Morgan fingerprint density at radius 3 is 2.53 bits per heavy atom. The van der Waals surface area contributed by atoms with Crippen LogP contribution in [-0.2, 0) is 9.53 Å². The summed E-state index contributed by atoms with van der Waals surface area (Å²) in [6, 6.07) is 7.48. The Morgan fingerprint density at radius 2 is 1.87 bits per heavy atom. The third-order valence-electron chi connectivity index (χ3n) is 7.07. The van der Waals surface area contributed by atoms with E-state index in [1.54, 1.807) is 6.07 Å². The second kappa shape index (κ2) is 7.69. The molecule has 5 atom stereocenters. The molecule has 2 aliphatic carbocycles. The highest BCUT2D eigenvalue weighted by Gasteiger charge is 2.40. The zero-order chi connectivity index (χ0) is 20.8. The van der Waals surface area contributed by atoms with Crippen molar-refractivity contribution in [1.29, 1.82) is 0 Å². The Bertz CT molecular complexity index is 1010. The number of amides is 1. The van der Waals surface area contributed by atoms with Crippen molar-refractivity contribution in [2.75, 3.05) is 23.4 Å². The number of benzene rings is 1. The molecule has 1 aromatic carbocycles. The molecular weight excluding hydrogens is 380 g/mol. The maximum Gasteiger partial charge on any atom is 0.294 e. The average Bonchev–Trinajstić information content (AvgIpc) is 3.32. The van der Waals surface area contributed by atoms with Gasteiger partial charge in [0, 0.05) is 24.9 Å². The summed E-state index contributed by atoms with van der Waals surface area (Å²) >= 11 is 0. The highest BCUT2D eigenvalue weighted by Crippen LogP contribution is 2.49. The van der Waals surface area contributed by atoms with Crippen molar-refractivity contribution in [2.24, 2.45) is 17.8 Å². The van der Waals surface area contributed by atoms with Crippen molar-refractivity contribution >= 4 is 22.5 Å². The summed E-state index contributed by atoms with van der Waals surface area (Å²) < 4.78 is 5.86. The van der Waals surface area contributed by atoms with Crippen LogP contribution in [-0.4, -0.2) is 41.1 Å². The van der Waals surface area contributed by atoms with Crippen LogP contribution in [0.25, 0.3) is 10.8 Å². The minimum atomic E-state index is -0.287. The molecule has 2 aromatic rings. The number of ether oxygens (including phenoxy) is 1. The van der Waals surface area contributed by atoms with Gasteiger partial charge in [-0.1, -0.05) is 24.6 Å². The van der Waals surface area contributed by atoms with Gasteiger partial charge in [0.15, 0.2) is 5.82 Å². The first-order chi connectivity index (χ1) is 14.5. The summed E-state index contributed by atoms with van der Waals surface area (Å²) in [6.45, 7) is 5.47. The largest absolute Gasteiger partial charge is 0.372 e. The number of carbonyl (C=O) groups is 1. The van der Waals surface area contributed by atoms with Crippen LogP contribution >= 0.6 is 0 Å². The van der Waals surface area contributed by atoms with Crippen LogP contribution in [0.4, 0.5) is 5.82 Å². The predicted molar refractivity (Wildman–Crippen MR) is 116 cm³/mol. The first-order valence-electron chi connectivity index (χ1n) is 11.2. The highest BCUT2D eigenvalue weighted by molar-refractivity contribution is 5.92. The van der Waals surface area contributed by atoms with Gasteiger partial charge >= 0.3 is 0 Å². The Morgan fingerprint density at radius 1 is 1.13 bits per heavy atom. The van der Waals surface area contributed by atoms with Crippen molar-refractivity contribution in [3.8, 4) is 0 Å². The standard InChI is InChI=1S/C23H30N4O3/c1-14-12-26(13-15(2)30-14)22-19-5-3-4-6-20(19)23(29)27(25-22)24-21(28)11-18-10-16-7-8-17(18)9-16/h3-6,14-18H,7-13H2,1-2H3,(H,24,28)/t14-,15+,16?,17?,18?. The van der Waals surface area contributed by atoms with E-state index in [2.05, 4.69) is 15.4 Å². The van der Waals surface area contributed by atoms with E-state index in [0.717, 1.165) is 22.5 Å². The average molecular weight is 411 g/mol. The van der Waals surface area contributed by atoms with Crippen LogP contribution in [0.5, 0.6) is 0 Å². The van der Waals surface area contributed by atoms with E-state index in [4.69, 9.17) is 4.74 Å². The van der Waals surface area contributed by atoms with Crippen molar-refractivity contribution in [3.05, 3.63) is 34.6 Å². The Balaban J connectivity index is 1.44. The molecule has 2 heterocycles. The molecule has 30 heavy (non-hydrogen) atoms. The Kier molecular flexibility index (Phi) is 5.01. The fourth-order valence-electron chi connectivity index (χ4n) is 5.86. The van der Waals surface area contributed by atoms with Gasteiger partial charge in [0.25, 0.3) is 5.56 Å². The molecule has 2 saturated carbocycles. The molecular formula is C23H30N4O3. The maximum atomic E-state index is 13.0. The molecule has 160 valence electrons. The number of hydrogen-bond acceptors (Lipinski definition) is 5. The van der Waals surface area contributed by atoms with Crippen LogP contribution in [0.15, 0.2) is 29.1 Å². The van der Waals surface area contributed by atoms with Crippen molar-refractivity contribution < 1.29 is 9.53 Å². The molecule has 1 amide bonds. The van der Waals surface area contributed by atoms with E-state index in [1.807, 2.05) is 32.0 Å². The van der Waals surface area contributed by atoms with E-state index in [-0.39, 0.29) is 23.7 Å². The number of nitrogens with zero attached hydrogens (tertiary/aromatic N) is 3. The molecule has 5 rings (SSSR count). The highest BCUT2D eigenvalue weighted by atomic mass is 16.5. The van der Waals surface area contributed by atoms with Gasteiger partial charge in [-0.3, -0.25) is 9.59 Å². The van der Waals surface area contributed by atoms with Gasteiger partial charge in [-0.25, -0.2) is 5.43 Å². The topological polar surface area (TPSA) is 76.5 Å². The van der Waals surface area contributed by atoms with Crippen molar-refractivity contribution in [3.63, 3.8) is 0 Å². The molecule has 3 unspecified atom stereocenters. The van der Waals surface area contributed by atoms with Crippen LogP contribution in [0.3, 0.4) is 0 Å². The van der Waals surface area contributed by atoms with Crippen LogP contribution in [0.2, 0.25) is 0 Å². The first-order valence-corrected chi connectivity index (χ1v) is 11.2. The molecule has 1 aromatic heterocycles. The van der Waals surface area contributed by atoms with Gasteiger partial charge in [0.05, 0.1) is 17.6 Å². The monoisotopic (exact) mass is 410 g/mol. The summed E-state index contributed by atoms with van der Waals surface area (Å²) in [4.78, 5) is 29.1. The number of morpholine rings is 1. The number of carbonyl (C=O) groups excluding carboxylic acids is 1. The molecule has 1 aliphatic heterocycles. The normalized spacial score (nSPS) is 30.7. The van der Waals surface area contributed by atoms with Gasteiger partial charge in [-0.15, -0.1) is 9.89 Å². The quantitative estimate of drug-likeness (QED) is 0.839. The lowest BCUT2D eigenvalue weighted by Gasteiger charge is -2.36. The SMILES string of the molecule is C[C@@H]1CN(c2nn(NC(=O)CC3CC4CCC3C4)c(=O)c3ccccc23)C[C@H](C)O1. The molecule has 2 bridgehead atoms. The third-order valence-corrected chi connectivity index (χ3v) is 7.07. The van der Waals surface area contributed by atoms with Crippen molar-refractivity contribution in [2.45, 2.75) is 58.2 Å². The molecule has 1 N–H and O–H groups in total. The lowest BCUT2D eigenvalue weighted by molar-refractivity contribution is -0.118. The van der Waals surface area contributed by atoms with E-state index in [1.165, 1.54) is 19.3 Å². The van der Waals surface area contributed by atoms with Gasteiger partial charge < -0.3 is 9.64 Å². The van der Waals surface area contributed by atoms with Crippen LogP contribution in [0.1, 0.15) is 46.0 Å². The lowest BCUT2D eigenvalue weighted by Crippen LogP contribution is -2.47. The first kappa shape index (κ1) is 19.5.